The molecule has 0 N–H and O–H groups in total. The topological polar surface area (TPSA) is 17.1 Å². The number of fused-ring (bicyclic) bond motifs is 1. The predicted molar refractivity (Wildman–Crippen MR) is 77.7 cm³/mol. The van der Waals surface area contributed by atoms with Gasteiger partial charge in [0.25, 0.3) is 0 Å². The summed E-state index contributed by atoms with van der Waals surface area (Å²) in [4.78, 5) is 0. The van der Waals surface area contributed by atoms with Crippen molar-refractivity contribution in [3.05, 3.63) is 60.2 Å². The summed E-state index contributed by atoms with van der Waals surface area (Å²) in [6.45, 7) is 2.23. The van der Waals surface area contributed by atoms with Gasteiger partial charge in [-0.15, -0.1) is 0 Å². The van der Waals surface area contributed by atoms with Crippen LogP contribution in [0.25, 0.3) is 0 Å². The molecule has 1 heterocycles. The highest BCUT2D eigenvalue weighted by molar-refractivity contribution is 7.78. The van der Waals surface area contributed by atoms with E-state index in [-0.39, 0.29) is 0 Å². The fraction of sp³-hybridized carbons (Fsp3) is 0.250. The Morgan fingerprint density at radius 2 is 1.67 bits per heavy atom. The summed E-state index contributed by atoms with van der Waals surface area (Å²) < 4.78 is 13.4. The molecule has 1 nitrogen and oxygen atoms in total. The molecule has 0 spiro atoms. The molecule has 0 saturated carbocycles. The van der Waals surface area contributed by atoms with Crippen LogP contribution in [0.2, 0.25) is 0 Å². The monoisotopic (exact) mass is 256 g/mol. The van der Waals surface area contributed by atoms with Crippen LogP contribution in [-0.2, 0) is 4.57 Å². The standard InChI is InChI=1S/C16H17OP/c1-13-11-12-18(17,14-7-3-2-4-8-14)16-10-6-5-9-15(13)16/h2-10,13H,11-12H2,1H3/t13-,18+/m0/s1. The van der Waals surface area contributed by atoms with Crippen LogP contribution in [0, 0.1) is 0 Å². The van der Waals surface area contributed by atoms with Gasteiger partial charge in [0.15, 0.2) is 0 Å². The third-order valence-electron chi connectivity index (χ3n) is 3.91. The van der Waals surface area contributed by atoms with Crippen LogP contribution in [0.3, 0.4) is 0 Å². The van der Waals surface area contributed by atoms with E-state index in [2.05, 4.69) is 25.1 Å². The Morgan fingerprint density at radius 3 is 2.44 bits per heavy atom. The van der Waals surface area contributed by atoms with Crippen LogP contribution in [0.4, 0.5) is 0 Å². The van der Waals surface area contributed by atoms with E-state index < -0.39 is 7.14 Å². The fourth-order valence-electron chi connectivity index (χ4n) is 2.82. The molecule has 2 aromatic rings. The molecule has 1 aliphatic rings. The molecule has 0 unspecified atom stereocenters. The van der Waals surface area contributed by atoms with E-state index in [0.717, 1.165) is 23.2 Å². The largest absolute Gasteiger partial charge is 0.314 e. The summed E-state index contributed by atoms with van der Waals surface area (Å²) in [6, 6.07) is 18.2. The molecule has 2 aromatic carbocycles. The van der Waals surface area contributed by atoms with Crippen LogP contribution in [0.15, 0.2) is 54.6 Å². The third kappa shape index (κ3) is 1.74. The number of rotatable bonds is 1. The molecule has 2 heteroatoms. The molecule has 0 aromatic heterocycles. The van der Waals surface area contributed by atoms with Crippen molar-refractivity contribution >= 4 is 17.8 Å². The molecule has 92 valence electrons. The average Bonchev–Trinajstić information content (AvgIpc) is 2.44. The number of hydrogen-bond acceptors (Lipinski definition) is 1. The van der Waals surface area contributed by atoms with Crippen LogP contribution in [0.5, 0.6) is 0 Å². The lowest BCUT2D eigenvalue weighted by molar-refractivity contribution is 0.578. The molecule has 0 fully saturated rings. The Hall–Kier alpha value is -1.33. The van der Waals surface area contributed by atoms with Crippen LogP contribution < -0.4 is 10.6 Å². The summed E-state index contributed by atoms with van der Waals surface area (Å²) in [7, 11) is -2.39. The molecule has 0 radical (unpaired) electrons. The lowest BCUT2D eigenvalue weighted by atomic mass is 9.98. The van der Waals surface area contributed by atoms with Crippen LogP contribution in [-0.4, -0.2) is 6.16 Å². The Labute approximate surface area is 108 Å². The molecule has 1 aliphatic heterocycles. The highest BCUT2D eigenvalue weighted by Crippen LogP contribution is 2.50. The first-order valence-electron chi connectivity index (χ1n) is 6.46. The smallest absolute Gasteiger partial charge is 0.143 e. The first kappa shape index (κ1) is 11.7. The number of hydrogen-bond donors (Lipinski definition) is 0. The summed E-state index contributed by atoms with van der Waals surface area (Å²) >= 11 is 0. The third-order valence-corrected chi connectivity index (χ3v) is 7.11. The van der Waals surface area contributed by atoms with Crippen molar-refractivity contribution in [2.45, 2.75) is 19.3 Å². The van der Waals surface area contributed by atoms with Gasteiger partial charge in [-0.3, -0.25) is 0 Å². The normalized spacial score (nSPS) is 26.6. The van der Waals surface area contributed by atoms with E-state index in [9.17, 15) is 4.57 Å². The zero-order chi connectivity index (χ0) is 12.6. The zero-order valence-corrected chi connectivity index (χ0v) is 11.4. The molecular weight excluding hydrogens is 239 g/mol. The maximum Gasteiger partial charge on any atom is 0.143 e. The van der Waals surface area contributed by atoms with Gasteiger partial charge in [-0.2, -0.15) is 0 Å². The second-order valence-electron chi connectivity index (χ2n) is 5.05. The molecule has 3 rings (SSSR count). The second-order valence-corrected chi connectivity index (χ2v) is 7.97. The van der Waals surface area contributed by atoms with Crippen molar-refractivity contribution in [2.24, 2.45) is 0 Å². The molecule has 2 atom stereocenters. The summed E-state index contributed by atoms with van der Waals surface area (Å²) in [5.41, 5.74) is 1.27. The molecule has 0 bridgehead atoms. The zero-order valence-electron chi connectivity index (χ0n) is 10.5. The van der Waals surface area contributed by atoms with Gasteiger partial charge in [-0.1, -0.05) is 61.5 Å². The van der Waals surface area contributed by atoms with Gasteiger partial charge >= 0.3 is 0 Å². The fourth-order valence-corrected chi connectivity index (χ4v) is 6.04. The quantitative estimate of drug-likeness (QED) is 0.714. The van der Waals surface area contributed by atoms with Crippen molar-refractivity contribution in [3.8, 4) is 0 Å². The van der Waals surface area contributed by atoms with E-state index in [1.54, 1.807) is 0 Å². The van der Waals surface area contributed by atoms with Gasteiger partial charge < -0.3 is 4.57 Å². The first-order chi connectivity index (χ1) is 8.72. The predicted octanol–water partition coefficient (Wildman–Crippen LogP) is 3.51. The van der Waals surface area contributed by atoms with Crippen molar-refractivity contribution in [1.82, 2.24) is 0 Å². The Bertz CT molecular complexity index is 604. The molecule has 0 saturated heterocycles. The van der Waals surface area contributed by atoms with E-state index >= 15 is 0 Å². The van der Waals surface area contributed by atoms with Gasteiger partial charge in [0.05, 0.1) is 0 Å². The van der Waals surface area contributed by atoms with E-state index in [1.165, 1.54) is 5.56 Å². The van der Waals surface area contributed by atoms with Gasteiger partial charge in [-0.25, -0.2) is 0 Å². The van der Waals surface area contributed by atoms with E-state index in [1.807, 2.05) is 36.4 Å². The average molecular weight is 256 g/mol. The number of benzene rings is 2. The Balaban J connectivity index is 2.21. The highest BCUT2D eigenvalue weighted by atomic mass is 31.2. The van der Waals surface area contributed by atoms with Gasteiger partial charge in [0.1, 0.15) is 7.14 Å². The lowest BCUT2D eigenvalue weighted by Crippen LogP contribution is -2.27. The maximum absolute atomic E-state index is 13.4. The van der Waals surface area contributed by atoms with Crippen molar-refractivity contribution in [1.29, 1.82) is 0 Å². The molecular formula is C16H17OP. The molecule has 0 aliphatic carbocycles. The van der Waals surface area contributed by atoms with Crippen molar-refractivity contribution in [3.63, 3.8) is 0 Å². The minimum atomic E-state index is -2.39. The lowest BCUT2D eigenvalue weighted by Gasteiger charge is -2.30. The summed E-state index contributed by atoms with van der Waals surface area (Å²) in [5.74, 6) is 0.520. The molecule has 0 amide bonds. The Morgan fingerprint density at radius 1 is 1.00 bits per heavy atom. The highest BCUT2D eigenvalue weighted by Gasteiger charge is 2.34. The minimum Gasteiger partial charge on any atom is -0.314 e. The summed E-state index contributed by atoms with van der Waals surface area (Å²) in [6.07, 6.45) is 1.82. The van der Waals surface area contributed by atoms with Crippen LogP contribution in [0.1, 0.15) is 24.8 Å². The Kier molecular flexibility index (Phi) is 2.87. The van der Waals surface area contributed by atoms with Crippen LogP contribution >= 0.6 is 7.14 Å². The van der Waals surface area contributed by atoms with Gasteiger partial charge in [-0.05, 0) is 17.9 Å². The first-order valence-corrected chi connectivity index (χ1v) is 8.35. The van der Waals surface area contributed by atoms with Gasteiger partial charge in [0.2, 0.25) is 0 Å². The van der Waals surface area contributed by atoms with E-state index in [0.29, 0.717) is 5.92 Å². The van der Waals surface area contributed by atoms with Crippen molar-refractivity contribution in [2.75, 3.05) is 6.16 Å². The SMILES string of the molecule is C[C@H]1CC[P@@](=O)(c2ccccc2)c2ccccc21. The second kappa shape index (κ2) is 4.40. The minimum absolute atomic E-state index is 0.520. The van der Waals surface area contributed by atoms with Crippen molar-refractivity contribution < 1.29 is 4.57 Å². The summed E-state index contributed by atoms with van der Waals surface area (Å²) in [5, 5.41) is 2.08. The van der Waals surface area contributed by atoms with Gasteiger partial charge in [0, 0.05) is 16.8 Å². The maximum atomic E-state index is 13.4. The molecule has 18 heavy (non-hydrogen) atoms. The van der Waals surface area contributed by atoms with E-state index in [4.69, 9.17) is 0 Å².